The molecule has 21 heteroatoms. The van der Waals surface area contributed by atoms with Crippen LogP contribution in [-0.2, 0) is 57.8 Å². The highest BCUT2D eigenvalue weighted by atomic mass is 19.1. The van der Waals surface area contributed by atoms with E-state index in [0.29, 0.717) is 68.6 Å². The van der Waals surface area contributed by atoms with Crippen molar-refractivity contribution in [1.29, 1.82) is 0 Å². The Bertz CT molecular complexity index is 3800. The van der Waals surface area contributed by atoms with Crippen LogP contribution in [-0.4, -0.2) is 123 Å². The van der Waals surface area contributed by atoms with Gasteiger partial charge in [-0.2, -0.15) is 0 Å². The average Bonchev–Trinajstić information content (AvgIpc) is 1.61. The Kier molecular flexibility index (Phi) is 16.5. The second kappa shape index (κ2) is 23.6. The number of fused-ring (bicyclic) bond motifs is 2. The number of piperazine rings is 1. The van der Waals surface area contributed by atoms with Gasteiger partial charge in [0.05, 0.1) is 84.3 Å². The number of likely N-dealkylation sites (tertiary alicyclic amines) is 1. The molecule has 5 amide bonds. The van der Waals surface area contributed by atoms with Gasteiger partial charge in [0, 0.05) is 87.5 Å². The van der Waals surface area contributed by atoms with Crippen molar-refractivity contribution in [2.24, 2.45) is 0 Å². The molecule has 86 heavy (non-hydrogen) atoms. The summed E-state index contributed by atoms with van der Waals surface area (Å²) in [6.45, 7) is 10.7. The summed E-state index contributed by atoms with van der Waals surface area (Å²) in [5.74, 6) is -2.64. The molecule has 2 fully saturated rings. The van der Waals surface area contributed by atoms with Crippen LogP contribution in [0.3, 0.4) is 0 Å². The molecular formula is C65H65F4N9O8. The number of carbonyl (C=O) groups excluding carboxylic acids is 5. The van der Waals surface area contributed by atoms with E-state index in [1.807, 2.05) is 32.2 Å². The topological polar surface area (TPSA) is 190 Å². The molecule has 2 unspecified atom stereocenters. The lowest BCUT2D eigenvalue weighted by atomic mass is 9.76. The lowest BCUT2D eigenvalue weighted by Gasteiger charge is -2.46. The number of aromatic nitrogens is 4. The van der Waals surface area contributed by atoms with Crippen LogP contribution in [0.5, 0.6) is 11.5 Å². The van der Waals surface area contributed by atoms with Crippen LogP contribution < -0.4 is 14.8 Å². The lowest BCUT2D eigenvalue weighted by Crippen LogP contribution is -2.63. The minimum atomic E-state index is -1.40. The van der Waals surface area contributed by atoms with Crippen LogP contribution in [0.15, 0.2) is 103 Å². The quantitative estimate of drug-likeness (QED) is 0.114. The fourth-order valence-electron chi connectivity index (χ4n) is 11.7. The van der Waals surface area contributed by atoms with Crippen molar-refractivity contribution >= 4 is 29.7 Å². The van der Waals surface area contributed by atoms with E-state index in [-0.39, 0.29) is 85.2 Å². The number of rotatable bonds is 12. The van der Waals surface area contributed by atoms with Gasteiger partial charge in [-0.3, -0.25) is 34.0 Å². The molecular weight excluding hydrogens is 1110 g/mol. The molecule has 446 valence electrons. The van der Waals surface area contributed by atoms with Gasteiger partial charge >= 0.3 is 6.09 Å². The van der Waals surface area contributed by atoms with Crippen LogP contribution >= 0.6 is 0 Å². The van der Waals surface area contributed by atoms with Gasteiger partial charge in [-0.15, -0.1) is 0 Å². The zero-order chi connectivity index (χ0) is 61.6. The maximum absolute atomic E-state index is 15.1. The molecule has 8 heterocycles. The zero-order valence-electron chi connectivity index (χ0n) is 49.2. The number of methoxy groups -OCH3 is 2. The van der Waals surface area contributed by atoms with E-state index in [1.165, 1.54) is 48.5 Å². The monoisotopic (exact) mass is 1180 g/mol. The standard InChI is InChI=1S/C39H41F2N5O6.C26H24F2N4O2/c1-38(2,3)52-37(49)46-16-15-44(5)36(48)39(46,4)25-12-13-26(42-20-25)17-24-18-30(34-28(40)9-8-10-29(34)41)43-31-22-45(35(47)33(24)31)21-23-11-14-27(50-6)19-32(23)51-7;1-26(9-4-10-32(2)25(26)34)16-7-8-17(29-13-16)11-15-12-20(23-18(27)5-3-6-19(23)28)31-21-14-30-24(33)22(15)21/h8-14,18-20H,15-17,21-22H2,1-7H3;3,5-8,12-13H,4,9-11,14H2,1-2H3,(H,30,33). The largest absolute Gasteiger partial charge is 0.497 e. The molecule has 11 rings (SSSR count). The van der Waals surface area contributed by atoms with Gasteiger partial charge < -0.3 is 34.2 Å². The first-order valence-electron chi connectivity index (χ1n) is 28.1. The Labute approximate surface area is 495 Å². The number of hydrogen-bond acceptors (Lipinski definition) is 12. The third-order valence-corrected chi connectivity index (χ3v) is 16.3. The van der Waals surface area contributed by atoms with E-state index in [1.54, 1.807) is 93.1 Å². The number of halogens is 4. The number of benzene rings is 3. The highest BCUT2D eigenvalue weighted by molar-refractivity contribution is 6.01. The van der Waals surface area contributed by atoms with E-state index in [4.69, 9.17) is 14.2 Å². The van der Waals surface area contributed by atoms with Crippen LogP contribution in [0.4, 0.5) is 22.4 Å². The number of nitrogens with zero attached hydrogens (tertiary/aromatic N) is 8. The first kappa shape index (κ1) is 59.9. The average molecular weight is 1180 g/mol. The smallest absolute Gasteiger partial charge is 0.411 e. The van der Waals surface area contributed by atoms with E-state index < -0.39 is 45.9 Å². The summed E-state index contributed by atoms with van der Waals surface area (Å²) in [4.78, 5) is 90.8. The molecule has 2 saturated heterocycles. The van der Waals surface area contributed by atoms with Crippen molar-refractivity contribution in [3.8, 4) is 34.0 Å². The SMILES string of the molecule is CN1CCCC(C)(c2ccc(Cc3cc(-c4c(F)cccc4F)nc4c3C(=O)NC4)nc2)C1=O.COc1ccc(CN2Cc3nc(-c4c(F)cccc4F)cc(Cc4ccc(C5(C)C(=O)N(C)CCN5C(=O)OC(C)(C)C)cn4)c3C2=O)c(OC)c1. The molecule has 7 aromatic rings. The van der Waals surface area contributed by atoms with Gasteiger partial charge in [0.25, 0.3) is 17.7 Å². The van der Waals surface area contributed by atoms with Gasteiger partial charge in [-0.1, -0.05) is 24.3 Å². The maximum atomic E-state index is 15.1. The van der Waals surface area contributed by atoms with Crippen molar-refractivity contribution in [1.82, 2.24) is 44.9 Å². The van der Waals surface area contributed by atoms with Crippen LogP contribution in [0, 0.1) is 23.3 Å². The van der Waals surface area contributed by atoms with E-state index in [0.717, 1.165) is 42.6 Å². The predicted octanol–water partition coefficient (Wildman–Crippen LogP) is 9.88. The van der Waals surface area contributed by atoms with Gasteiger partial charge in [0.2, 0.25) is 5.91 Å². The number of carbonyl (C=O) groups is 5. The Morgan fingerprint density at radius 1 is 0.651 bits per heavy atom. The Morgan fingerprint density at radius 2 is 1.22 bits per heavy atom. The first-order chi connectivity index (χ1) is 40.9. The minimum absolute atomic E-state index is 0.0500. The molecule has 4 aliphatic heterocycles. The predicted molar refractivity (Wildman–Crippen MR) is 310 cm³/mol. The van der Waals surface area contributed by atoms with E-state index >= 15 is 8.78 Å². The van der Waals surface area contributed by atoms with E-state index in [9.17, 15) is 32.8 Å². The molecule has 4 aromatic heterocycles. The Morgan fingerprint density at radius 3 is 1.78 bits per heavy atom. The summed E-state index contributed by atoms with van der Waals surface area (Å²) in [5, 5.41) is 2.73. The van der Waals surface area contributed by atoms with Crippen LogP contribution in [0.2, 0.25) is 0 Å². The van der Waals surface area contributed by atoms with Gasteiger partial charge in [-0.05, 0) is 125 Å². The Balaban J connectivity index is 0.000000208. The number of ether oxygens (including phenoxy) is 3. The summed E-state index contributed by atoms with van der Waals surface area (Å²) >= 11 is 0. The highest BCUT2D eigenvalue weighted by Crippen LogP contribution is 2.39. The van der Waals surface area contributed by atoms with Crippen molar-refractivity contribution in [3.05, 3.63) is 188 Å². The molecule has 0 bridgehead atoms. The van der Waals surface area contributed by atoms with Crippen molar-refractivity contribution < 1.29 is 55.7 Å². The number of hydrogen-bond donors (Lipinski definition) is 1. The van der Waals surface area contributed by atoms with Crippen molar-refractivity contribution in [3.63, 3.8) is 0 Å². The summed E-state index contributed by atoms with van der Waals surface area (Å²) < 4.78 is 75.5. The maximum Gasteiger partial charge on any atom is 0.411 e. The third kappa shape index (κ3) is 11.5. The third-order valence-electron chi connectivity index (χ3n) is 16.3. The van der Waals surface area contributed by atoms with Crippen LogP contribution in [0.1, 0.15) is 119 Å². The summed E-state index contributed by atoms with van der Waals surface area (Å²) in [6, 6.07) is 22.8. The molecule has 0 radical (unpaired) electrons. The highest BCUT2D eigenvalue weighted by Gasteiger charge is 2.50. The second-order valence-corrected chi connectivity index (χ2v) is 23.2. The van der Waals surface area contributed by atoms with E-state index in [2.05, 4.69) is 25.3 Å². The fourth-order valence-corrected chi connectivity index (χ4v) is 11.7. The normalized spacial score (nSPS) is 18.3. The lowest BCUT2D eigenvalue weighted by molar-refractivity contribution is -0.148. The van der Waals surface area contributed by atoms with Gasteiger partial charge in [-0.25, -0.2) is 32.3 Å². The number of nitrogens with one attached hydrogen (secondary N) is 1. The van der Waals surface area contributed by atoms with Crippen molar-refractivity contribution in [2.45, 2.75) is 96.5 Å². The molecule has 17 nitrogen and oxygen atoms in total. The second-order valence-electron chi connectivity index (χ2n) is 23.2. The van der Waals surface area contributed by atoms with Crippen molar-refractivity contribution in [2.75, 3.05) is 47.9 Å². The fraction of sp³-hybridized carbons (Fsp3) is 0.338. The number of amides is 5. The molecule has 4 aliphatic rings. The molecule has 1 N–H and O–H groups in total. The molecule has 3 aromatic carbocycles. The molecule has 0 saturated carbocycles. The van der Waals surface area contributed by atoms with Gasteiger partial charge in [0.1, 0.15) is 45.9 Å². The summed E-state index contributed by atoms with van der Waals surface area (Å²) in [6.07, 6.45) is 4.71. The summed E-state index contributed by atoms with van der Waals surface area (Å²) in [7, 11) is 6.57. The molecule has 0 spiro atoms. The van der Waals surface area contributed by atoms with Crippen LogP contribution in [0.25, 0.3) is 22.5 Å². The molecule has 2 atom stereocenters. The number of pyridine rings is 4. The Hall–Kier alpha value is -9.27. The number of likely N-dealkylation sites (N-methyl/N-ethyl adjacent to an activating group) is 2. The summed E-state index contributed by atoms with van der Waals surface area (Å²) in [5.41, 5.74) is 2.79. The zero-order valence-corrected chi connectivity index (χ0v) is 49.2. The first-order valence-corrected chi connectivity index (χ1v) is 28.1. The minimum Gasteiger partial charge on any atom is -0.497 e. The number of piperidine rings is 1. The van der Waals surface area contributed by atoms with Gasteiger partial charge in [0.15, 0.2) is 0 Å². The molecule has 0 aliphatic carbocycles.